The van der Waals surface area contributed by atoms with Gasteiger partial charge in [0.15, 0.2) is 17.2 Å². The number of aromatic amines is 1. The third kappa shape index (κ3) is 3.68. The molecule has 0 aliphatic heterocycles. The van der Waals surface area contributed by atoms with Crippen molar-refractivity contribution in [3.63, 3.8) is 0 Å². The molecule has 1 amide bonds. The van der Waals surface area contributed by atoms with E-state index in [0.29, 0.717) is 22.8 Å². The Balaban J connectivity index is 1.57. The van der Waals surface area contributed by atoms with Crippen LogP contribution in [0.4, 0.5) is 14.6 Å². The maximum atomic E-state index is 13.7. The second kappa shape index (κ2) is 7.50. The monoisotopic (exact) mass is 397 g/mol. The first-order valence-corrected chi connectivity index (χ1v) is 8.33. The lowest BCUT2D eigenvalue weighted by molar-refractivity contribution is 0.102. The van der Waals surface area contributed by atoms with Crippen molar-refractivity contribution in [1.29, 1.82) is 0 Å². The molecule has 0 bridgehead atoms. The summed E-state index contributed by atoms with van der Waals surface area (Å²) in [6.45, 7) is 0. The number of carbonyl (C=O) groups is 1. The van der Waals surface area contributed by atoms with Crippen molar-refractivity contribution in [2.75, 3.05) is 12.4 Å². The minimum Gasteiger partial charge on any atom is -0.496 e. The average Bonchev–Trinajstić information content (AvgIpc) is 3.12. The zero-order valence-corrected chi connectivity index (χ0v) is 14.9. The van der Waals surface area contributed by atoms with E-state index in [0.717, 1.165) is 12.1 Å². The third-order valence-corrected chi connectivity index (χ3v) is 3.97. The number of nitrogens with one attached hydrogen (secondary N) is 2. The maximum Gasteiger partial charge on any atom is 0.324 e. The summed E-state index contributed by atoms with van der Waals surface area (Å²) in [5.74, 6) is -1.57. The number of ether oxygens (including phenoxy) is 2. The van der Waals surface area contributed by atoms with Crippen molar-refractivity contribution < 1.29 is 23.0 Å². The summed E-state index contributed by atoms with van der Waals surface area (Å²) >= 11 is 0. The highest BCUT2D eigenvalue weighted by molar-refractivity contribution is 6.08. The van der Waals surface area contributed by atoms with E-state index in [-0.39, 0.29) is 23.2 Å². The molecule has 0 aliphatic carbocycles. The minimum atomic E-state index is -0.888. The number of aromatic nitrogens is 4. The molecule has 146 valence electrons. The number of halogens is 2. The molecule has 29 heavy (non-hydrogen) atoms. The van der Waals surface area contributed by atoms with Gasteiger partial charge >= 0.3 is 6.01 Å². The Bertz CT molecular complexity index is 1210. The lowest BCUT2D eigenvalue weighted by Gasteiger charge is -2.08. The van der Waals surface area contributed by atoms with E-state index in [1.165, 1.54) is 13.3 Å². The summed E-state index contributed by atoms with van der Waals surface area (Å²) in [6.07, 6.45) is 1.36. The molecule has 0 spiro atoms. The Kier molecular flexibility index (Phi) is 4.73. The highest BCUT2D eigenvalue weighted by Crippen LogP contribution is 2.26. The molecular formula is C19H13F2N5O3. The molecule has 4 aromatic rings. The molecule has 0 aliphatic rings. The number of para-hydroxylation sites is 1. The third-order valence-electron chi connectivity index (χ3n) is 3.97. The largest absolute Gasteiger partial charge is 0.496 e. The number of rotatable bonds is 5. The van der Waals surface area contributed by atoms with Gasteiger partial charge in [-0.3, -0.25) is 9.89 Å². The molecule has 0 saturated heterocycles. The van der Waals surface area contributed by atoms with Gasteiger partial charge in [-0.05, 0) is 24.3 Å². The van der Waals surface area contributed by atoms with Crippen LogP contribution in [-0.2, 0) is 0 Å². The normalized spacial score (nSPS) is 10.7. The van der Waals surface area contributed by atoms with Gasteiger partial charge in [0.05, 0.1) is 18.1 Å². The van der Waals surface area contributed by atoms with Crippen molar-refractivity contribution in [1.82, 2.24) is 20.2 Å². The van der Waals surface area contributed by atoms with Crippen LogP contribution in [0, 0.1) is 11.6 Å². The molecule has 0 fully saturated rings. The van der Waals surface area contributed by atoms with Crippen LogP contribution in [0.5, 0.6) is 17.5 Å². The molecule has 0 atom stereocenters. The molecule has 10 heteroatoms. The van der Waals surface area contributed by atoms with E-state index in [1.54, 1.807) is 24.3 Å². The Morgan fingerprint density at radius 3 is 2.76 bits per heavy atom. The van der Waals surface area contributed by atoms with Crippen LogP contribution >= 0.6 is 0 Å². The molecule has 2 aromatic heterocycles. The lowest BCUT2D eigenvalue weighted by Crippen LogP contribution is -2.13. The van der Waals surface area contributed by atoms with Crippen molar-refractivity contribution in [2.24, 2.45) is 0 Å². The summed E-state index contributed by atoms with van der Waals surface area (Å²) in [6, 6.07) is 9.43. The van der Waals surface area contributed by atoms with Crippen molar-refractivity contribution in [3.8, 4) is 17.5 Å². The zero-order valence-electron chi connectivity index (χ0n) is 14.9. The molecule has 2 aromatic carbocycles. The van der Waals surface area contributed by atoms with E-state index >= 15 is 0 Å². The predicted molar refractivity (Wildman–Crippen MR) is 99.1 cm³/mol. The van der Waals surface area contributed by atoms with Crippen LogP contribution in [0.2, 0.25) is 0 Å². The van der Waals surface area contributed by atoms with Gasteiger partial charge in [0.2, 0.25) is 0 Å². The van der Waals surface area contributed by atoms with E-state index in [1.807, 2.05) is 0 Å². The Hall–Kier alpha value is -4.08. The molecule has 0 saturated carbocycles. The summed E-state index contributed by atoms with van der Waals surface area (Å²) in [5.41, 5.74) is 0.526. The van der Waals surface area contributed by atoms with Gasteiger partial charge in [0.25, 0.3) is 5.91 Å². The molecule has 2 heterocycles. The van der Waals surface area contributed by atoms with Crippen LogP contribution in [-0.4, -0.2) is 33.2 Å². The number of methoxy groups -OCH3 is 1. The van der Waals surface area contributed by atoms with Gasteiger partial charge in [0.1, 0.15) is 17.4 Å². The number of H-pyrrole nitrogens is 1. The fourth-order valence-electron chi connectivity index (χ4n) is 2.60. The van der Waals surface area contributed by atoms with Crippen LogP contribution in [0.25, 0.3) is 11.0 Å². The summed E-state index contributed by atoms with van der Waals surface area (Å²) < 4.78 is 37.1. The number of benzene rings is 2. The average molecular weight is 397 g/mol. The Morgan fingerprint density at radius 2 is 1.97 bits per heavy atom. The quantitative estimate of drug-likeness (QED) is 0.533. The van der Waals surface area contributed by atoms with Crippen molar-refractivity contribution in [3.05, 3.63) is 65.9 Å². The molecule has 4 rings (SSSR count). The van der Waals surface area contributed by atoms with Crippen molar-refractivity contribution in [2.45, 2.75) is 0 Å². The molecule has 8 nitrogen and oxygen atoms in total. The molecule has 0 radical (unpaired) electrons. The standard InChI is InChI=1S/C19H13F2N5O3/c1-28-14-5-3-2-4-11(14)18(27)23-16-12-9-22-19(24-17(12)26-25-16)29-15-7-6-10(20)8-13(15)21/h2-9H,1H3,(H2,22,23,24,25,26,27). The highest BCUT2D eigenvalue weighted by Gasteiger charge is 2.16. The smallest absolute Gasteiger partial charge is 0.324 e. The van der Waals surface area contributed by atoms with E-state index in [2.05, 4.69) is 25.5 Å². The van der Waals surface area contributed by atoms with Gasteiger partial charge in [-0.15, -0.1) is 0 Å². The van der Waals surface area contributed by atoms with Gasteiger partial charge in [-0.2, -0.15) is 10.1 Å². The van der Waals surface area contributed by atoms with Gasteiger partial charge in [-0.1, -0.05) is 12.1 Å². The number of anilines is 1. The Morgan fingerprint density at radius 1 is 1.14 bits per heavy atom. The highest BCUT2D eigenvalue weighted by atomic mass is 19.1. The number of amides is 1. The fraction of sp³-hybridized carbons (Fsp3) is 0.0526. The molecule has 2 N–H and O–H groups in total. The summed E-state index contributed by atoms with van der Waals surface area (Å²) in [5, 5.41) is 9.75. The first-order chi connectivity index (χ1) is 14.0. The summed E-state index contributed by atoms with van der Waals surface area (Å²) in [7, 11) is 1.47. The van der Waals surface area contributed by atoms with Crippen LogP contribution < -0.4 is 14.8 Å². The molecular weight excluding hydrogens is 384 g/mol. The van der Waals surface area contributed by atoms with E-state index < -0.39 is 17.5 Å². The van der Waals surface area contributed by atoms with Crippen LogP contribution in [0.3, 0.4) is 0 Å². The van der Waals surface area contributed by atoms with Gasteiger partial charge in [0, 0.05) is 12.3 Å². The van der Waals surface area contributed by atoms with E-state index in [9.17, 15) is 13.6 Å². The first-order valence-electron chi connectivity index (χ1n) is 8.33. The second-order valence-corrected chi connectivity index (χ2v) is 5.82. The van der Waals surface area contributed by atoms with Crippen molar-refractivity contribution >= 4 is 22.8 Å². The number of nitrogens with zero attached hydrogens (tertiary/aromatic N) is 3. The minimum absolute atomic E-state index is 0.183. The number of fused-ring (bicyclic) bond motifs is 1. The van der Waals surface area contributed by atoms with Gasteiger partial charge in [-0.25, -0.2) is 13.8 Å². The topological polar surface area (TPSA) is 102 Å². The Labute approximate surface area is 162 Å². The SMILES string of the molecule is COc1ccccc1C(=O)Nc1[nH]nc2nc(Oc3ccc(F)cc3F)ncc12. The lowest BCUT2D eigenvalue weighted by atomic mass is 10.2. The molecule has 0 unspecified atom stereocenters. The fourth-order valence-corrected chi connectivity index (χ4v) is 2.60. The number of hydrogen-bond donors (Lipinski definition) is 2. The van der Waals surface area contributed by atoms with Gasteiger partial charge < -0.3 is 14.8 Å². The van der Waals surface area contributed by atoms with Crippen LogP contribution in [0.1, 0.15) is 10.4 Å². The number of hydrogen-bond acceptors (Lipinski definition) is 6. The zero-order chi connectivity index (χ0) is 20.4. The second-order valence-electron chi connectivity index (χ2n) is 5.82. The summed E-state index contributed by atoms with van der Waals surface area (Å²) in [4.78, 5) is 20.6. The van der Waals surface area contributed by atoms with E-state index in [4.69, 9.17) is 9.47 Å². The number of carbonyl (C=O) groups excluding carboxylic acids is 1. The first kappa shape index (κ1) is 18.3. The van der Waals surface area contributed by atoms with Crippen LogP contribution in [0.15, 0.2) is 48.7 Å². The predicted octanol–water partition coefficient (Wildman–Crippen LogP) is 3.68. The maximum absolute atomic E-state index is 13.7.